The van der Waals surface area contributed by atoms with Gasteiger partial charge in [-0.25, -0.2) is 0 Å². The van der Waals surface area contributed by atoms with Gasteiger partial charge in [-0.3, -0.25) is 15.6 Å². The van der Waals surface area contributed by atoms with Crippen LogP contribution in [0.15, 0.2) is 41.3 Å². The van der Waals surface area contributed by atoms with Crippen molar-refractivity contribution in [1.29, 1.82) is 0 Å². The molecule has 26 heavy (non-hydrogen) atoms. The molecule has 4 nitrogen and oxygen atoms in total. The zero-order valence-electron chi connectivity index (χ0n) is 15.6. The molecule has 0 unspecified atom stereocenters. The van der Waals surface area contributed by atoms with E-state index in [4.69, 9.17) is 12.2 Å². The number of benzene rings is 2. The maximum Gasteiger partial charge on any atom is 0.248 e. The van der Waals surface area contributed by atoms with Gasteiger partial charge in [0.25, 0.3) is 0 Å². The molecule has 0 aliphatic heterocycles. The lowest BCUT2D eigenvalue weighted by Crippen LogP contribution is -2.44. The Morgan fingerprint density at radius 1 is 1.08 bits per heavy atom. The number of aryl methyl sites for hydroxylation is 4. The third-order valence-electron chi connectivity index (χ3n) is 3.98. The first-order chi connectivity index (χ1) is 12.4. The predicted molar refractivity (Wildman–Crippen MR) is 115 cm³/mol. The first-order valence-electron chi connectivity index (χ1n) is 8.55. The molecule has 0 atom stereocenters. The Balaban J connectivity index is 1.83. The quantitative estimate of drug-likeness (QED) is 0.406. The van der Waals surface area contributed by atoms with E-state index in [2.05, 4.69) is 55.1 Å². The van der Waals surface area contributed by atoms with Crippen LogP contribution in [0.5, 0.6) is 0 Å². The molecule has 0 radical (unpaired) electrons. The van der Waals surface area contributed by atoms with Gasteiger partial charge in [0.15, 0.2) is 5.11 Å². The second-order valence-corrected chi connectivity index (χ2v) is 7.57. The summed E-state index contributed by atoms with van der Waals surface area (Å²) in [6.45, 7) is 8.24. The highest BCUT2D eigenvalue weighted by Crippen LogP contribution is 2.23. The highest BCUT2D eigenvalue weighted by Gasteiger charge is 2.08. The van der Waals surface area contributed by atoms with Crippen LogP contribution in [-0.4, -0.2) is 16.8 Å². The van der Waals surface area contributed by atoms with Crippen molar-refractivity contribution in [2.24, 2.45) is 0 Å². The number of hydrogen-bond acceptors (Lipinski definition) is 3. The summed E-state index contributed by atoms with van der Waals surface area (Å²) in [5.41, 5.74) is 11.1. The Morgan fingerprint density at radius 2 is 1.85 bits per heavy atom. The third kappa shape index (κ3) is 5.75. The Hall–Kier alpha value is -2.05. The zero-order chi connectivity index (χ0) is 19.1. The number of hydrogen-bond donors (Lipinski definition) is 3. The molecule has 0 spiro atoms. The van der Waals surface area contributed by atoms with Crippen molar-refractivity contribution in [3.63, 3.8) is 0 Å². The number of thiocarbonyl (C=S) groups is 1. The van der Waals surface area contributed by atoms with Crippen LogP contribution in [0.4, 0.5) is 5.69 Å². The summed E-state index contributed by atoms with van der Waals surface area (Å²) in [5.74, 6) is 0.198. The molecule has 138 valence electrons. The first-order valence-corrected chi connectivity index (χ1v) is 9.94. The minimum absolute atomic E-state index is 0.125. The molecule has 0 bridgehead atoms. The van der Waals surface area contributed by atoms with Crippen molar-refractivity contribution in [3.8, 4) is 0 Å². The molecular weight excluding hydrogens is 362 g/mol. The fraction of sp³-hybridized carbons (Fsp3) is 0.300. The van der Waals surface area contributed by atoms with Crippen LogP contribution in [0.3, 0.4) is 0 Å². The monoisotopic (exact) mass is 387 g/mol. The number of thioether (sulfide) groups is 1. The Labute approximate surface area is 165 Å². The maximum absolute atomic E-state index is 12.1. The molecule has 0 aliphatic rings. The standard InChI is InChI=1S/C20H25N3OS2/c1-5-16-8-6-7-14(3)19(16)21-20(25)23-22-18(24)12-26-17-10-9-13(2)11-15(17)4/h6-11H,5,12H2,1-4H3,(H,22,24)(H2,21,23,25). The molecule has 0 heterocycles. The van der Waals surface area contributed by atoms with Crippen LogP contribution in [0.2, 0.25) is 0 Å². The van der Waals surface area contributed by atoms with E-state index in [1.54, 1.807) is 0 Å². The summed E-state index contributed by atoms with van der Waals surface area (Å²) in [7, 11) is 0. The van der Waals surface area contributed by atoms with Gasteiger partial charge in [-0.05, 0) is 62.2 Å². The third-order valence-corrected chi connectivity index (χ3v) is 5.36. The summed E-state index contributed by atoms with van der Waals surface area (Å²) in [6.07, 6.45) is 0.908. The maximum atomic E-state index is 12.1. The molecule has 0 saturated heterocycles. The zero-order valence-corrected chi connectivity index (χ0v) is 17.2. The number of nitrogens with one attached hydrogen (secondary N) is 3. The van der Waals surface area contributed by atoms with Gasteiger partial charge in [0.1, 0.15) is 0 Å². The molecule has 0 fully saturated rings. The highest BCUT2D eigenvalue weighted by atomic mass is 32.2. The van der Waals surface area contributed by atoms with Crippen LogP contribution < -0.4 is 16.2 Å². The molecule has 2 aromatic rings. The number of carbonyl (C=O) groups excluding carboxylic acids is 1. The number of para-hydroxylation sites is 1. The lowest BCUT2D eigenvalue weighted by atomic mass is 10.1. The van der Waals surface area contributed by atoms with Crippen molar-refractivity contribution < 1.29 is 4.79 Å². The Kier molecular flexibility index (Phi) is 7.48. The lowest BCUT2D eigenvalue weighted by molar-refractivity contribution is -0.119. The van der Waals surface area contributed by atoms with E-state index in [1.807, 2.05) is 25.1 Å². The fourth-order valence-electron chi connectivity index (χ4n) is 2.61. The number of amides is 1. The van der Waals surface area contributed by atoms with Gasteiger partial charge in [-0.2, -0.15) is 0 Å². The van der Waals surface area contributed by atoms with Crippen molar-refractivity contribution in [2.45, 2.75) is 39.0 Å². The van der Waals surface area contributed by atoms with E-state index in [0.29, 0.717) is 10.9 Å². The molecular formula is C20H25N3OS2. The number of hydrazine groups is 1. The van der Waals surface area contributed by atoms with Gasteiger partial charge in [0, 0.05) is 10.6 Å². The summed E-state index contributed by atoms with van der Waals surface area (Å²) < 4.78 is 0. The first kappa shape index (κ1) is 20.3. The molecule has 0 saturated carbocycles. The van der Waals surface area contributed by atoms with Crippen LogP contribution >= 0.6 is 24.0 Å². The van der Waals surface area contributed by atoms with E-state index < -0.39 is 0 Å². The van der Waals surface area contributed by atoms with E-state index in [0.717, 1.165) is 22.6 Å². The smallest absolute Gasteiger partial charge is 0.248 e. The molecule has 1 amide bonds. The fourth-order valence-corrected chi connectivity index (χ4v) is 3.58. The van der Waals surface area contributed by atoms with Crippen molar-refractivity contribution in [3.05, 3.63) is 58.7 Å². The second kappa shape index (κ2) is 9.59. The molecule has 0 aliphatic carbocycles. The molecule has 2 aromatic carbocycles. The summed E-state index contributed by atoms with van der Waals surface area (Å²) in [6, 6.07) is 12.3. The lowest BCUT2D eigenvalue weighted by Gasteiger charge is -2.16. The molecule has 2 rings (SSSR count). The van der Waals surface area contributed by atoms with Crippen molar-refractivity contribution in [2.75, 3.05) is 11.1 Å². The number of carbonyl (C=O) groups is 1. The predicted octanol–water partition coefficient (Wildman–Crippen LogP) is 4.28. The Bertz CT molecular complexity index is 806. The van der Waals surface area contributed by atoms with E-state index in [1.165, 1.54) is 28.5 Å². The number of anilines is 1. The second-order valence-electron chi connectivity index (χ2n) is 6.15. The van der Waals surface area contributed by atoms with E-state index in [-0.39, 0.29) is 5.91 Å². The van der Waals surface area contributed by atoms with E-state index in [9.17, 15) is 4.79 Å². The van der Waals surface area contributed by atoms with Crippen LogP contribution in [0.25, 0.3) is 0 Å². The Morgan fingerprint density at radius 3 is 2.54 bits per heavy atom. The van der Waals surface area contributed by atoms with Gasteiger partial charge in [0.2, 0.25) is 5.91 Å². The van der Waals surface area contributed by atoms with Crippen molar-refractivity contribution >= 4 is 40.7 Å². The van der Waals surface area contributed by atoms with Gasteiger partial charge < -0.3 is 5.32 Å². The average Bonchev–Trinajstić information content (AvgIpc) is 2.61. The van der Waals surface area contributed by atoms with Gasteiger partial charge in [0.05, 0.1) is 5.75 Å². The summed E-state index contributed by atoms with van der Waals surface area (Å²) in [4.78, 5) is 13.2. The molecule has 3 N–H and O–H groups in total. The van der Waals surface area contributed by atoms with E-state index >= 15 is 0 Å². The van der Waals surface area contributed by atoms with Gasteiger partial charge >= 0.3 is 0 Å². The molecule has 6 heteroatoms. The van der Waals surface area contributed by atoms with Crippen LogP contribution in [0, 0.1) is 20.8 Å². The SMILES string of the molecule is CCc1cccc(C)c1NC(=S)NNC(=O)CSc1ccc(C)cc1C. The molecule has 0 aromatic heterocycles. The summed E-state index contributed by atoms with van der Waals surface area (Å²) >= 11 is 6.80. The number of rotatable bonds is 5. The van der Waals surface area contributed by atoms with Gasteiger partial charge in [-0.15, -0.1) is 11.8 Å². The van der Waals surface area contributed by atoms with Crippen LogP contribution in [0.1, 0.15) is 29.2 Å². The minimum Gasteiger partial charge on any atom is -0.331 e. The van der Waals surface area contributed by atoms with Crippen LogP contribution in [-0.2, 0) is 11.2 Å². The van der Waals surface area contributed by atoms with Crippen molar-refractivity contribution in [1.82, 2.24) is 10.9 Å². The average molecular weight is 388 g/mol. The summed E-state index contributed by atoms with van der Waals surface area (Å²) in [5, 5.41) is 3.55. The van der Waals surface area contributed by atoms with Gasteiger partial charge in [-0.1, -0.05) is 42.8 Å². The topological polar surface area (TPSA) is 53.2 Å². The normalized spacial score (nSPS) is 10.3. The highest BCUT2D eigenvalue weighted by molar-refractivity contribution is 8.00. The largest absolute Gasteiger partial charge is 0.331 e. The minimum atomic E-state index is -0.125.